The Kier molecular flexibility index (Phi) is 4.10. The number of carbonyl (C=O) groups is 1. The van der Waals surface area contributed by atoms with Crippen LogP contribution < -0.4 is 5.32 Å². The Balaban J connectivity index is 1.41. The molecule has 0 bridgehead atoms. The van der Waals surface area contributed by atoms with Gasteiger partial charge in [0.2, 0.25) is 5.91 Å². The van der Waals surface area contributed by atoms with E-state index in [9.17, 15) is 9.18 Å². The van der Waals surface area contributed by atoms with E-state index in [0.29, 0.717) is 12.8 Å². The number of aromatic nitrogens is 1. The van der Waals surface area contributed by atoms with Crippen molar-refractivity contribution >= 4 is 5.91 Å². The Labute approximate surface area is 146 Å². The van der Waals surface area contributed by atoms with E-state index in [1.54, 1.807) is 6.07 Å². The molecule has 0 fully saturated rings. The topological polar surface area (TPSA) is 34.0 Å². The molecule has 1 amide bonds. The molecule has 1 aliphatic rings. The van der Waals surface area contributed by atoms with E-state index < -0.39 is 0 Å². The van der Waals surface area contributed by atoms with Gasteiger partial charge in [0.25, 0.3) is 0 Å². The highest BCUT2D eigenvalue weighted by Crippen LogP contribution is 2.32. The number of benzene rings is 2. The summed E-state index contributed by atoms with van der Waals surface area (Å²) in [6.45, 7) is 0. The molecule has 126 valence electrons. The number of fused-ring (bicyclic) bond motifs is 1. The van der Waals surface area contributed by atoms with Gasteiger partial charge in [-0.25, -0.2) is 4.39 Å². The quantitative estimate of drug-likeness (QED) is 0.770. The Bertz CT molecular complexity index is 885. The standard InChI is InChI=1S/C21H19FN2O/c22-19-5-3-4-18-17(19)10-11-20(18)23-21(25)14-15-6-8-16(9-7-15)24-12-1-2-13-24/h1-9,12-13,20H,10-11,14H2,(H,23,25). The minimum absolute atomic E-state index is 0.0316. The SMILES string of the molecule is O=C(Cc1ccc(-n2cccc2)cc1)NC1CCc2c(F)cccc21. The van der Waals surface area contributed by atoms with Gasteiger partial charge in [0.15, 0.2) is 0 Å². The first kappa shape index (κ1) is 15.6. The second-order valence-corrected chi connectivity index (χ2v) is 6.40. The van der Waals surface area contributed by atoms with Gasteiger partial charge in [0, 0.05) is 18.1 Å². The molecule has 0 spiro atoms. The highest BCUT2D eigenvalue weighted by atomic mass is 19.1. The lowest BCUT2D eigenvalue weighted by Gasteiger charge is -2.14. The Morgan fingerprint density at radius 2 is 1.84 bits per heavy atom. The van der Waals surface area contributed by atoms with E-state index in [1.165, 1.54) is 6.07 Å². The highest BCUT2D eigenvalue weighted by molar-refractivity contribution is 5.79. The van der Waals surface area contributed by atoms with E-state index in [-0.39, 0.29) is 17.8 Å². The van der Waals surface area contributed by atoms with Crippen LogP contribution >= 0.6 is 0 Å². The molecule has 0 aliphatic heterocycles. The van der Waals surface area contributed by atoms with Crippen molar-refractivity contribution in [1.29, 1.82) is 0 Å². The number of halogens is 1. The first-order valence-electron chi connectivity index (χ1n) is 8.49. The number of rotatable bonds is 4. The number of hydrogen-bond acceptors (Lipinski definition) is 1. The molecule has 4 rings (SSSR count). The lowest BCUT2D eigenvalue weighted by molar-refractivity contribution is -0.121. The van der Waals surface area contributed by atoms with Crippen LogP contribution in [-0.2, 0) is 17.6 Å². The molecule has 1 heterocycles. The normalized spacial score (nSPS) is 15.8. The van der Waals surface area contributed by atoms with Crippen molar-refractivity contribution in [2.45, 2.75) is 25.3 Å². The summed E-state index contributed by atoms with van der Waals surface area (Å²) in [5, 5.41) is 3.04. The van der Waals surface area contributed by atoms with Gasteiger partial charge in [-0.1, -0.05) is 24.3 Å². The molecule has 25 heavy (non-hydrogen) atoms. The Morgan fingerprint density at radius 1 is 1.08 bits per heavy atom. The van der Waals surface area contributed by atoms with Gasteiger partial charge in [0.05, 0.1) is 12.5 Å². The molecule has 1 aromatic heterocycles. The van der Waals surface area contributed by atoms with Crippen LogP contribution in [0.15, 0.2) is 67.0 Å². The molecule has 1 aliphatic carbocycles. The van der Waals surface area contributed by atoms with Gasteiger partial charge in [-0.05, 0) is 59.9 Å². The summed E-state index contributed by atoms with van der Waals surface area (Å²) < 4.78 is 15.8. The maximum atomic E-state index is 13.8. The monoisotopic (exact) mass is 334 g/mol. The third-order valence-electron chi connectivity index (χ3n) is 4.75. The Hall–Kier alpha value is -2.88. The smallest absolute Gasteiger partial charge is 0.224 e. The molecule has 1 atom stereocenters. The zero-order valence-electron chi connectivity index (χ0n) is 13.8. The van der Waals surface area contributed by atoms with Gasteiger partial charge in [-0.3, -0.25) is 4.79 Å². The summed E-state index contributed by atoms with van der Waals surface area (Å²) in [7, 11) is 0. The van der Waals surface area contributed by atoms with Crippen LogP contribution in [-0.4, -0.2) is 10.5 Å². The van der Waals surface area contributed by atoms with Gasteiger partial charge < -0.3 is 9.88 Å². The van der Waals surface area contributed by atoms with E-state index in [0.717, 1.165) is 28.8 Å². The van der Waals surface area contributed by atoms with Crippen LogP contribution in [0.4, 0.5) is 4.39 Å². The minimum Gasteiger partial charge on any atom is -0.349 e. The van der Waals surface area contributed by atoms with Gasteiger partial charge in [-0.15, -0.1) is 0 Å². The van der Waals surface area contributed by atoms with Crippen molar-refractivity contribution in [3.05, 3.63) is 89.5 Å². The van der Waals surface area contributed by atoms with Crippen molar-refractivity contribution < 1.29 is 9.18 Å². The molecule has 0 saturated heterocycles. The molecule has 1 unspecified atom stereocenters. The highest BCUT2D eigenvalue weighted by Gasteiger charge is 2.25. The lowest BCUT2D eigenvalue weighted by atomic mass is 10.1. The number of hydrogen-bond donors (Lipinski definition) is 1. The molecule has 0 radical (unpaired) electrons. The van der Waals surface area contributed by atoms with E-state index in [4.69, 9.17) is 0 Å². The van der Waals surface area contributed by atoms with Crippen LogP contribution in [0.1, 0.15) is 29.2 Å². The summed E-state index contributed by atoms with van der Waals surface area (Å²) in [5.74, 6) is -0.203. The summed E-state index contributed by atoms with van der Waals surface area (Å²) in [4.78, 5) is 12.4. The third kappa shape index (κ3) is 3.20. The summed E-state index contributed by atoms with van der Waals surface area (Å²) in [6, 6.07) is 16.9. The fourth-order valence-corrected chi connectivity index (χ4v) is 3.48. The zero-order valence-corrected chi connectivity index (χ0v) is 13.8. The van der Waals surface area contributed by atoms with Crippen LogP contribution in [0.2, 0.25) is 0 Å². The fourth-order valence-electron chi connectivity index (χ4n) is 3.48. The largest absolute Gasteiger partial charge is 0.349 e. The molecule has 1 N–H and O–H groups in total. The second-order valence-electron chi connectivity index (χ2n) is 6.40. The maximum absolute atomic E-state index is 13.8. The molecule has 2 aromatic carbocycles. The number of carbonyl (C=O) groups excluding carboxylic acids is 1. The average molecular weight is 334 g/mol. The van der Waals surface area contributed by atoms with E-state index in [2.05, 4.69) is 5.32 Å². The van der Waals surface area contributed by atoms with Crippen molar-refractivity contribution in [2.24, 2.45) is 0 Å². The van der Waals surface area contributed by atoms with E-state index in [1.807, 2.05) is 59.4 Å². The van der Waals surface area contributed by atoms with Crippen molar-refractivity contribution in [3.63, 3.8) is 0 Å². The number of amides is 1. The summed E-state index contributed by atoms with van der Waals surface area (Å²) in [6.07, 6.45) is 5.73. The summed E-state index contributed by atoms with van der Waals surface area (Å²) >= 11 is 0. The zero-order chi connectivity index (χ0) is 17.2. The first-order valence-corrected chi connectivity index (χ1v) is 8.49. The molecule has 4 heteroatoms. The van der Waals surface area contributed by atoms with Crippen molar-refractivity contribution in [2.75, 3.05) is 0 Å². The molecule has 0 saturated carbocycles. The minimum atomic E-state index is -0.171. The first-order chi connectivity index (χ1) is 12.2. The van der Waals surface area contributed by atoms with Crippen LogP contribution in [0.5, 0.6) is 0 Å². The van der Waals surface area contributed by atoms with Crippen LogP contribution in [0.3, 0.4) is 0 Å². The summed E-state index contributed by atoms with van der Waals surface area (Å²) in [5.41, 5.74) is 3.68. The van der Waals surface area contributed by atoms with Gasteiger partial charge >= 0.3 is 0 Å². The van der Waals surface area contributed by atoms with Gasteiger partial charge in [0.1, 0.15) is 5.82 Å². The second kappa shape index (κ2) is 6.55. The van der Waals surface area contributed by atoms with Crippen LogP contribution in [0, 0.1) is 5.82 Å². The van der Waals surface area contributed by atoms with Crippen molar-refractivity contribution in [1.82, 2.24) is 9.88 Å². The predicted molar refractivity (Wildman–Crippen MR) is 95.1 cm³/mol. The average Bonchev–Trinajstić information content (AvgIpc) is 3.27. The molecule has 3 aromatic rings. The number of nitrogens with zero attached hydrogens (tertiary/aromatic N) is 1. The molecular weight excluding hydrogens is 315 g/mol. The molecular formula is C21H19FN2O. The predicted octanol–water partition coefficient (Wildman–Crippen LogP) is 3.96. The maximum Gasteiger partial charge on any atom is 0.224 e. The third-order valence-corrected chi connectivity index (χ3v) is 4.75. The Morgan fingerprint density at radius 3 is 2.60 bits per heavy atom. The number of nitrogens with one attached hydrogen (secondary N) is 1. The lowest BCUT2D eigenvalue weighted by Crippen LogP contribution is -2.28. The van der Waals surface area contributed by atoms with Crippen molar-refractivity contribution in [3.8, 4) is 5.69 Å². The van der Waals surface area contributed by atoms with E-state index >= 15 is 0 Å². The molecule has 3 nitrogen and oxygen atoms in total. The van der Waals surface area contributed by atoms with Crippen LogP contribution in [0.25, 0.3) is 5.69 Å². The fraction of sp³-hybridized carbons (Fsp3) is 0.190. The van der Waals surface area contributed by atoms with Gasteiger partial charge in [-0.2, -0.15) is 0 Å².